The lowest BCUT2D eigenvalue weighted by Gasteiger charge is -2.18. The lowest BCUT2D eigenvalue weighted by Crippen LogP contribution is -2.20. The summed E-state index contributed by atoms with van der Waals surface area (Å²) < 4.78 is 11.4. The van der Waals surface area contributed by atoms with E-state index in [0.29, 0.717) is 12.6 Å². The van der Waals surface area contributed by atoms with Crippen molar-refractivity contribution in [2.45, 2.75) is 45.3 Å². The zero-order chi connectivity index (χ0) is 13.5. The van der Waals surface area contributed by atoms with Gasteiger partial charge in [0.25, 0.3) is 0 Å². The molecule has 0 aromatic heterocycles. The molecule has 19 heavy (non-hydrogen) atoms. The number of hydrogen-bond donors (Lipinski definition) is 1. The Balaban J connectivity index is 1.93. The molecule has 1 aromatic carbocycles. The first kappa shape index (κ1) is 14.4. The molecule has 0 radical (unpaired) electrons. The maximum absolute atomic E-state index is 5.85. The van der Waals surface area contributed by atoms with E-state index in [1.807, 2.05) is 6.07 Å². The Kier molecular flexibility index (Phi) is 5.67. The third-order valence-electron chi connectivity index (χ3n) is 3.58. The second kappa shape index (κ2) is 7.51. The van der Waals surface area contributed by atoms with E-state index in [2.05, 4.69) is 37.4 Å². The summed E-state index contributed by atoms with van der Waals surface area (Å²) in [7, 11) is 0. The molecule has 0 bridgehead atoms. The monoisotopic (exact) mass is 263 g/mol. The molecule has 0 spiro atoms. The van der Waals surface area contributed by atoms with Crippen LogP contribution in [0.4, 0.5) is 0 Å². The highest BCUT2D eigenvalue weighted by molar-refractivity contribution is 5.30. The van der Waals surface area contributed by atoms with Gasteiger partial charge in [-0.3, -0.25) is 0 Å². The van der Waals surface area contributed by atoms with Crippen molar-refractivity contribution in [3.05, 3.63) is 29.8 Å². The molecule has 1 fully saturated rings. The zero-order valence-corrected chi connectivity index (χ0v) is 12.0. The first-order valence-electron chi connectivity index (χ1n) is 7.41. The fourth-order valence-electron chi connectivity index (χ4n) is 2.53. The molecule has 106 valence electrons. The summed E-state index contributed by atoms with van der Waals surface area (Å²) in [5.41, 5.74) is 1.30. The van der Waals surface area contributed by atoms with Crippen LogP contribution in [0.15, 0.2) is 24.3 Å². The Bertz CT molecular complexity index is 375. The van der Waals surface area contributed by atoms with Crippen LogP contribution >= 0.6 is 0 Å². The van der Waals surface area contributed by atoms with Crippen molar-refractivity contribution in [1.82, 2.24) is 5.32 Å². The molecule has 1 heterocycles. The molecule has 1 aromatic rings. The molecule has 0 aliphatic carbocycles. The first-order valence-corrected chi connectivity index (χ1v) is 7.41. The van der Waals surface area contributed by atoms with Crippen molar-refractivity contribution in [2.75, 3.05) is 19.8 Å². The van der Waals surface area contributed by atoms with E-state index in [4.69, 9.17) is 9.47 Å². The van der Waals surface area contributed by atoms with Gasteiger partial charge >= 0.3 is 0 Å². The number of ether oxygens (including phenoxy) is 2. The van der Waals surface area contributed by atoms with Crippen molar-refractivity contribution in [3.8, 4) is 5.75 Å². The summed E-state index contributed by atoms with van der Waals surface area (Å²) in [6.45, 7) is 6.88. The third-order valence-corrected chi connectivity index (χ3v) is 3.58. The van der Waals surface area contributed by atoms with Gasteiger partial charge in [-0.05, 0) is 43.5 Å². The molecule has 3 nitrogen and oxygen atoms in total. The smallest absolute Gasteiger partial charge is 0.119 e. The maximum Gasteiger partial charge on any atom is 0.119 e. The second-order valence-corrected chi connectivity index (χ2v) is 5.04. The van der Waals surface area contributed by atoms with Gasteiger partial charge in [0.2, 0.25) is 0 Å². The SMILES string of the molecule is CCNC(CC)c1cccc(OCC2CCCO2)c1. The molecule has 1 aliphatic heterocycles. The van der Waals surface area contributed by atoms with Crippen LogP contribution in [-0.2, 0) is 4.74 Å². The predicted molar refractivity (Wildman–Crippen MR) is 77.6 cm³/mol. The molecule has 2 rings (SSSR count). The summed E-state index contributed by atoms with van der Waals surface area (Å²) in [5.74, 6) is 0.948. The summed E-state index contributed by atoms with van der Waals surface area (Å²) in [4.78, 5) is 0. The normalized spacial score (nSPS) is 20.4. The van der Waals surface area contributed by atoms with Crippen LogP contribution in [0.3, 0.4) is 0 Å². The summed E-state index contributed by atoms with van der Waals surface area (Å²) >= 11 is 0. The van der Waals surface area contributed by atoms with Crippen LogP contribution < -0.4 is 10.1 Å². The van der Waals surface area contributed by atoms with Crippen molar-refractivity contribution in [3.63, 3.8) is 0 Å². The van der Waals surface area contributed by atoms with Gasteiger partial charge in [0, 0.05) is 12.6 Å². The standard InChI is InChI=1S/C16H25NO2/c1-3-16(17-4-2)13-7-5-8-14(11-13)19-12-15-9-6-10-18-15/h5,7-8,11,15-17H,3-4,6,9-10,12H2,1-2H3. The van der Waals surface area contributed by atoms with E-state index >= 15 is 0 Å². The van der Waals surface area contributed by atoms with Gasteiger partial charge in [-0.1, -0.05) is 26.0 Å². The predicted octanol–water partition coefficient (Wildman–Crippen LogP) is 3.31. The highest BCUT2D eigenvalue weighted by Gasteiger charge is 2.16. The van der Waals surface area contributed by atoms with Crippen LogP contribution in [0.5, 0.6) is 5.75 Å². The minimum Gasteiger partial charge on any atom is -0.491 e. The number of hydrogen-bond acceptors (Lipinski definition) is 3. The zero-order valence-electron chi connectivity index (χ0n) is 12.0. The molecule has 1 saturated heterocycles. The largest absolute Gasteiger partial charge is 0.491 e. The van der Waals surface area contributed by atoms with Crippen molar-refractivity contribution in [1.29, 1.82) is 0 Å². The summed E-state index contributed by atoms with van der Waals surface area (Å²) in [6.07, 6.45) is 3.64. The molecular weight excluding hydrogens is 238 g/mol. The summed E-state index contributed by atoms with van der Waals surface area (Å²) in [6, 6.07) is 8.81. The quantitative estimate of drug-likeness (QED) is 0.818. The van der Waals surface area contributed by atoms with E-state index in [1.165, 1.54) is 5.56 Å². The van der Waals surface area contributed by atoms with Gasteiger partial charge in [-0.25, -0.2) is 0 Å². The van der Waals surface area contributed by atoms with Crippen LogP contribution in [0, 0.1) is 0 Å². The highest BCUT2D eigenvalue weighted by atomic mass is 16.5. The number of benzene rings is 1. The molecule has 1 aliphatic rings. The third kappa shape index (κ3) is 4.22. The molecule has 0 saturated carbocycles. The summed E-state index contributed by atoms with van der Waals surface area (Å²) in [5, 5.41) is 3.49. The maximum atomic E-state index is 5.85. The van der Waals surface area contributed by atoms with Gasteiger partial charge in [0.1, 0.15) is 12.4 Å². The fourth-order valence-corrected chi connectivity index (χ4v) is 2.53. The van der Waals surface area contributed by atoms with Crippen LogP contribution in [0.2, 0.25) is 0 Å². The van der Waals surface area contributed by atoms with E-state index in [-0.39, 0.29) is 6.10 Å². The van der Waals surface area contributed by atoms with Crippen molar-refractivity contribution < 1.29 is 9.47 Å². The van der Waals surface area contributed by atoms with E-state index in [0.717, 1.165) is 38.2 Å². The topological polar surface area (TPSA) is 30.5 Å². The minimum absolute atomic E-state index is 0.277. The Morgan fingerprint density at radius 3 is 3.00 bits per heavy atom. The first-order chi connectivity index (χ1) is 9.33. The Morgan fingerprint density at radius 1 is 1.42 bits per heavy atom. The van der Waals surface area contributed by atoms with Gasteiger partial charge in [0.15, 0.2) is 0 Å². The molecule has 2 atom stereocenters. The fraction of sp³-hybridized carbons (Fsp3) is 0.625. The lowest BCUT2D eigenvalue weighted by molar-refractivity contribution is 0.0679. The van der Waals surface area contributed by atoms with Crippen LogP contribution in [0.25, 0.3) is 0 Å². The van der Waals surface area contributed by atoms with Gasteiger partial charge in [-0.2, -0.15) is 0 Å². The Hall–Kier alpha value is -1.06. The van der Waals surface area contributed by atoms with E-state index in [9.17, 15) is 0 Å². The average molecular weight is 263 g/mol. The van der Waals surface area contributed by atoms with Crippen molar-refractivity contribution in [2.24, 2.45) is 0 Å². The van der Waals surface area contributed by atoms with Gasteiger partial charge in [0.05, 0.1) is 6.10 Å². The molecular formula is C16H25NO2. The lowest BCUT2D eigenvalue weighted by atomic mass is 10.0. The molecule has 2 unspecified atom stereocenters. The average Bonchev–Trinajstić information content (AvgIpc) is 2.96. The van der Waals surface area contributed by atoms with Gasteiger partial charge < -0.3 is 14.8 Å². The second-order valence-electron chi connectivity index (χ2n) is 5.04. The van der Waals surface area contributed by atoms with Gasteiger partial charge in [-0.15, -0.1) is 0 Å². The molecule has 3 heteroatoms. The number of rotatable bonds is 7. The minimum atomic E-state index is 0.277. The van der Waals surface area contributed by atoms with Crippen molar-refractivity contribution >= 4 is 0 Å². The molecule has 0 amide bonds. The Labute approximate surface area is 116 Å². The Morgan fingerprint density at radius 2 is 2.32 bits per heavy atom. The highest BCUT2D eigenvalue weighted by Crippen LogP contribution is 2.22. The number of nitrogens with one attached hydrogen (secondary N) is 1. The van der Waals surface area contributed by atoms with E-state index in [1.54, 1.807) is 0 Å². The van der Waals surface area contributed by atoms with Crippen LogP contribution in [-0.4, -0.2) is 25.9 Å². The molecule has 1 N–H and O–H groups in total. The van der Waals surface area contributed by atoms with E-state index < -0.39 is 0 Å². The van der Waals surface area contributed by atoms with Crippen LogP contribution in [0.1, 0.15) is 44.7 Å².